The largest absolute Gasteiger partial charge is 0.339 e. The van der Waals surface area contributed by atoms with Gasteiger partial charge in [0.15, 0.2) is 0 Å². The second kappa shape index (κ2) is 6.30. The number of amides is 1. The van der Waals surface area contributed by atoms with Crippen LogP contribution in [0.15, 0.2) is 6.07 Å². The van der Waals surface area contributed by atoms with Crippen molar-refractivity contribution >= 4 is 11.9 Å². The molecule has 0 bridgehead atoms. The number of nitriles is 1. The Bertz CT molecular complexity index is 532. The smallest absolute Gasteiger partial charge is 0.242 e. The molecule has 1 aromatic rings. The van der Waals surface area contributed by atoms with E-state index in [1.165, 1.54) is 0 Å². The Morgan fingerprint density at radius 1 is 1.50 bits per heavy atom. The Balaban J connectivity index is 2.04. The molecule has 20 heavy (non-hydrogen) atoms. The standard InChI is InChI=1S/C13H18N6O/c1-10-7-11(8-14)17-13(16-10)18(2)9-12(20)19-5-3-15-4-6-19/h7,15H,3-6,9H2,1-2H3. The van der Waals surface area contributed by atoms with Crippen molar-refractivity contribution < 1.29 is 4.79 Å². The number of hydrogen-bond donors (Lipinski definition) is 1. The molecule has 0 saturated carbocycles. The number of likely N-dealkylation sites (N-methyl/N-ethyl adjacent to an activating group) is 1. The third-order valence-corrected chi connectivity index (χ3v) is 3.14. The van der Waals surface area contributed by atoms with Crippen molar-refractivity contribution in [2.24, 2.45) is 0 Å². The molecule has 1 N–H and O–H groups in total. The van der Waals surface area contributed by atoms with Gasteiger partial charge in [-0.25, -0.2) is 9.97 Å². The first-order valence-corrected chi connectivity index (χ1v) is 6.55. The van der Waals surface area contributed by atoms with E-state index < -0.39 is 0 Å². The number of carbonyl (C=O) groups excluding carboxylic acids is 1. The quantitative estimate of drug-likeness (QED) is 0.801. The molecule has 1 aliphatic heterocycles. The highest BCUT2D eigenvalue weighted by Gasteiger charge is 2.19. The summed E-state index contributed by atoms with van der Waals surface area (Å²) in [6, 6.07) is 3.62. The summed E-state index contributed by atoms with van der Waals surface area (Å²) in [5.41, 5.74) is 1.03. The van der Waals surface area contributed by atoms with Gasteiger partial charge in [-0.15, -0.1) is 0 Å². The van der Waals surface area contributed by atoms with Gasteiger partial charge in [0.05, 0.1) is 6.54 Å². The molecule has 7 nitrogen and oxygen atoms in total. The van der Waals surface area contributed by atoms with Crippen LogP contribution in [0, 0.1) is 18.3 Å². The predicted octanol–water partition coefficient (Wildman–Crippen LogP) is -0.475. The van der Waals surface area contributed by atoms with Gasteiger partial charge in [0.1, 0.15) is 11.8 Å². The van der Waals surface area contributed by atoms with E-state index in [4.69, 9.17) is 5.26 Å². The van der Waals surface area contributed by atoms with Gasteiger partial charge in [-0.1, -0.05) is 0 Å². The summed E-state index contributed by atoms with van der Waals surface area (Å²) in [5, 5.41) is 12.1. The molecule has 0 aliphatic carbocycles. The normalized spacial score (nSPS) is 14.8. The van der Waals surface area contributed by atoms with Gasteiger partial charge in [0.2, 0.25) is 11.9 Å². The van der Waals surface area contributed by atoms with Crippen LogP contribution in [0.4, 0.5) is 5.95 Å². The summed E-state index contributed by atoms with van der Waals surface area (Å²) >= 11 is 0. The average molecular weight is 274 g/mol. The molecule has 0 spiro atoms. The van der Waals surface area contributed by atoms with Crippen LogP contribution in [-0.4, -0.2) is 60.5 Å². The summed E-state index contributed by atoms with van der Waals surface area (Å²) in [6.07, 6.45) is 0. The molecular weight excluding hydrogens is 256 g/mol. The van der Waals surface area contributed by atoms with E-state index in [0.29, 0.717) is 17.3 Å². The number of carbonyl (C=O) groups is 1. The summed E-state index contributed by atoms with van der Waals surface area (Å²) in [4.78, 5) is 24.0. The molecule has 7 heteroatoms. The summed E-state index contributed by atoms with van der Waals surface area (Å²) in [5.74, 6) is 0.461. The van der Waals surface area contributed by atoms with E-state index in [2.05, 4.69) is 15.3 Å². The van der Waals surface area contributed by atoms with Crippen molar-refractivity contribution in [1.82, 2.24) is 20.2 Å². The molecule has 0 unspecified atom stereocenters. The molecular formula is C13H18N6O. The Kier molecular flexibility index (Phi) is 4.48. The molecule has 1 aliphatic rings. The van der Waals surface area contributed by atoms with Crippen LogP contribution in [0.1, 0.15) is 11.4 Å². The number of aryl methyl sites for hydroxylation is 1. The van der Waals surface area contributed by atoms with E-state index in [9.17, 15) is 4.79 Å². The molecule has 1 amide bonds. The van der Waals surface area contributed by atoms with Crippen LogP contribution in [0.5, 0.6) is 0 Å². The lowest BCUT2D eigenvalue weighted by Gasteiger charge is -2.29. The van der Waals surface area contributed by atoms with E-state index in [1.807, 2.05) is 11.0 Å². The number of piperazine rings is 1. The van der Waals surface area contributed by atoms with E-state index >= 15 is 0 Å². The van der Waals surface area contributed by atoms with E-state index in [0.717, 1.165) is 26.2 Å². The average Bonchev–Trinajstić information content (AvgIpc) is 2.47. The Morgan fingerprint density at radius 2 is 2.20 bits per heavy atom. The van der Waals surface area contributed by atoms with Crippen molar-refractivity contribution in [2.75, 3.05) is 44.7 Å². The molecule has 0 radical (unpaired) electrons. The number of nitrogens with zero attached hydrogens (tertiary/aromatic N) is 5. The highest BCUT2D eigenvalue weighted by atomic mass is 16.2. The lowest BCUT2D eigenvalue weighted by Crippen LogP contribution is -2.49. The van der Waals surface area contributed by atoms with Gasteiger partial charge in [-0.05, 0) is 13.0 Å². The van der Waals surface area contributed by atoms with Crippen molar-refractivity contribution in [1.29, 1.82) is 5.26 Å². The fourth-order valence-electron chi connectivity index (χ4n) is 2.07. The highest BCUT2D eigenvalue weighted by Crippen LogP contribution is 2.08. The second-order valence-corrected chi connectivity index (χ2v) is 4.79. The predicted molar refractivity (Wildman–Crippen MR) is 74.2 cm³/mol. The number of aromatic nitrogens is 2. The zero-order chi connectivity index (χ0) is 14.5. The van der Waals surface area contributed by atoms with Crippen LogP contribution in [0.3, 0.4) is 0 Å². The zero-order valence-electron chi connectivity index (χ0n) is 11.8. The van der Waals surface area contributed by atoms with Crippen LogP contribution >= 0.6 is 0 Å². The summed E-state index contributed by atoms with van der Waals surface area (Å²) in [7, 11) is 1.76. The Morgan fingerprint density at radius 3 is 2.85 bits per heavy atom. The molecule has 106 valence electrons. The second-order valence-electron chi connectivity index (χ2n) is 4.79. The molecule has 1 aromatic heterocycles. The lowest BCUT2D eigenvalue weighted by molar-refractivity contribution is -0.130. The maximum Gasteiger partial charge on any atom is 0.242 e. The Labute approximate surface area is 118 Å². The molecule has 1 fully saturated rings. The third-order valence-electron chi connectivity index (χ3n) is 3.14. The van der Waals surface area contributed by atoms with Gasteiger partial charge in [0, 0.05) is 38.9 Å². The fraction of sp³-hybridized carbons (Fsp3) is 0.538. The van der Waals surface area contributed by atoms with E-state index in [1.54, 1.807) is 24.9 Å². The van der Waals surface area contributed by atoms with Crippen LogP contribution in [0.25, 0.3) is 0 Å². The monoisotopic (exact) mass is 274 g/mol. The maximum atomic E-state index is 12.2. The lowest BCUT2D eigenvalue weighted by atomic mass is 10.3. The fourth-order valence-corrected chi connectivity index (χ4v) is 2.07. The Hall–Kier alpha value is -2.20. The maximum absolute atomic E-state index is 12.2. The van der Waals surface area contributed by atoms with E-state index in [-0.39, 0.29) is 12.5 Å². The minimum atomic E-state index is 0.0533. The molecule has 0 atom stereocenters. The summed E-state index contributed by atoms with van der Waals surface area (Å²) in [6.45, 7) is 5.13. The van der Waals surface area contributed by atoms with Crippen molar-refractivity contribution in [3.63, 3.8) is 0 Å². The molecule has 2 rings (SSSR count). The van der Waals surface area contributed by atoms with Crippen molar-refractivity contribution in [2.45, 2.75) is 6.92 Å². The number of hydrogen-bond acceptors (Lipinski definition) is 6. The minimum absolute atomic E-state index is 0.0533. The van der Waals surface area contributed by atoms with Gasteiger partial charge >= 0.3 is 0 Å². The van der Waals surface area contributed by atoms with Crippen molar-refractivity contribution in [3.8, 4) is 6.07 Å². The van der Waals surface area contributed by atoms with Gasteiger partial charge in [0.25, 0.3) is 0 Å². The van der Waals surface area contributed by atoms with Gasteiger partial charge < -0.3 is 15.1 Å². The summed E-state index contributed by atoms with van der Waals surface area (Å²) < 4.78 is 0. The SMILES string of the molecule is Cc1cc(C#N)nc(N(C)CC(=O)N2CCNCC2)n1. The number of rotatable bonds is 3. The first kappa shape index (κ1) is 14.2. The van der Waals surface area contributed by atoms with Crippen LogP contribution in [-0.2, 0) is 4.79 Å². The first-order valence-electron chi connectivity index (χ1n) is 6.55. The van der Waals surface area contributed by atoms with Crippen LogP contribution in [0.2, 0.25) is 0 Å². The molecule has 0 aromatic carbocycles. The zero-order valence-corrected chi connectivity index (χ0v) is 11.8. The van der Waals surface area contributed by atoms with Gasteiger partial charge in [-0.2, -0.15) is 5.26 Å². The molecule has 2 heterocycles. The molecule has 1 saturated heterocycles. The highest BCUT2D eigenvalue weighted by molar-refractivity contribution is 5.81. The van der Waals surface area contributed by atoms with Crippen molar-refractivity contribution in [3.05, 3.63) is 17.5 Å². The minimum Gasteiger partial charge on any atom is -0.339 e. The van der Waals surface area contributed by atoms with Crippen LogP contribution < -0.4 is 10.2 Å². The number of anilines is 1. The first-order chi connectivity index (χ1) is 9.60. The topological polar surface area (TPSA) is 85.2 Å². The number of nitrogens with one attached hydrogen (secondary N) is 1. The third kappa shape index (κ3) is 3.42. The van der Waals surface area contributed by atoms with Gasteiger partial charge in [-0.3, -0.25) is 4.79 Å².